The van der Waals surface area contributed by atoms with Crippen molar-refractivity contribution in [3.63, 3.8) is 0 Å². The van der Waals surface area contributed by atoms with Crippen LogP contribution in [0.3, 0.4) is 0 Å². The van der Waals surface area contributed by atoms with E-state index in [1.807, 2.05) is 7.05 Å². The molecule has 70 valence electrons. The maximum absolute atomic E-state index is 11.3. The molecule has 0 saturated carbocycles. The maximum Gasteiger partial charge on any atom is 0.248 e. The summed E-state index contributed by atoms with van der Waals surface area (Å²) in [6.45, 7) is 8.36. The lowest BCUT2D eigenvalue weighted by Crippen LogP contribution is -2.27. The second kappa shape index (κ2) is 5.81. The van der Waals surface area contributed by atoms with Crippen molar-refractivity contribution in [1.82, 2.24) is 4.90 Å². The topological polar surface area (TPSA) is 20.3 Å². The Bertz CT molecular complexity index is 163. The standard InChI is InChI=1S/C10H19NO/c1-5-6-7-8-11(4)10(12)9(2)3/h2,5-8H2,1,3-4H3. The molecule has 0 heterocycles. The fourth-order valence-electron chi connectivity index (χ4n) is 1.03. The Morgan fingerprint density at radius 2 is 2.00 bits per heavy atom. The van der Waals surface area contributed by atoms with Crippen molar-refractivity contribution in [2.75, 3.05) is 13.6 Å². The number of unbranched alkanes of at least 4 members (excludes halogenated alkanes) is 2. The van der Waals surface area contributed by atoms with Gasteiger partial charge in [-0.15, -0.1) is 0 Å². The third-order valence-electron chi connectivity index (χ3n) is 1.81. The molecule has 0 saturated heterocycles. The maximum atomic E-state index is 11.3. The third-order valence-corrected chi connectivity index (χ3v) is 1.81. The van der Waals surface area contributed by atoms with E-state index in [-0.39, 0.29) is 5.91 Å². The third kappa shape index (κ3) is 4.16. The van der Waals surface area contributed by atoms with E-state index < -0.39 is 0 Å². The molecule has 0 aliphatic carbocycles. The molecule has 0 rings (SSSR count). The lowest BCUT2D eigenvalue weighted by Gasteiger charge is -2.16. The molecular weight excluding hydrogens is 150 g/mol. The van der Waals surface area contributed by atoms with Crippen molar-refractivity contribution in [2.45, 2.75) is 33.1 Å². The first-order chi connectivity index (χ1) is 5.59. The molecule has 0 aromatic heterocycles. The summed E-state index contributed by atoms with van der Waals surface area (Å²) in [4.78, 5) is 13.0. The molecule has 2 heteroatoms. The summed E-state index contributed by atoms with van der Waals surface area (Å²) >= 11 is 0. The molecule has 0 aromatic carbocycles. The number of carbonyl (C=O) groups excluding carboxylic acids is 1. The molecule has 0 unspecified atom stereocenters. The second-order valence-electron chi connectivity index (χ2n) is 3.21. The van der Waals surface area contributed by atoms with Crippen molar-refractivity contribution in [2.24, 2.45) is 0 Å². The van der Waals surface area contributed by atoms with Gasteiger partial charge in [-0.05, 0) is 13.3 Å². The number of nitrogens with zero attached hydrogens (tertiary/aromatic N) is 1. The van der Waals surface area contributed by atoms with Crippen molar-refractivity contribution in [3.05, 3.63) is 12.2 Å². The highest BCUT2D eigenvalue weighted by molar-refractivity contribution is 5.91. The molecule has 0 fully saturated rings. The summed E-state index contributed by atoms with van der Waals surface area (Å²) < 4.78 is 0. The molecule has 0 N–H and O–H groups in total. The number of likely N-dealkylation sites (N-methyl/N-ethyl adjacent to an activating group) is 1. The highest BCUT2D eigenvalue weighted by Gasteiger charge is 2.07. The van der Waals surface area contributed by atoms with Crippen molar-refractivity contribution in [1.29, 1.82) is 0 Å². The zero-order valence-corrected chi connectivity index (χ0v) is 8.39. The Balaban J connectivity index is 3.64. The molecule has 2 nitrogen and oxygen atoms in total. The van der Waals surface area contributed by atoms with Gasteiger partial charge in [-0.3, -0.25) is 4.79 Å². The van der Waals surface area contributed by atoms with Crippen LogP contribution in [-0.4, -0.2) is 24.4 Å². The van der Waals surface area contributed by atoms with Crippen LogP contribution >= 0.6 is 0 Å². The van der Waals surface area contributed by atoms with Crippen LogP contribution in [0.5, 0.6) is 0 Å². The van der Waals surface area contributed by atoms with Gasteiger partial charge in [-0.2, -0.15) is 0 Å². The normalized spacial score (nSPS) is 9.58. The Hall–Kier alpha value is -0.790. The van der Waals surface area contributed by atoms with E-state index in [0.29, 0.717) is 5.57 Å². The van der Waals surface area contributed by atoms with Crippen LogP contribution in [0.2, 0.25) is 0 Å². The Morgan fingerprint density at radius 1 is 1.42 bits per heavy atom. The summed E-state index contributed by atoms with van der Waals surface area (Å²) in [5, 5.41) is 0. The first-order valence-electron chi connectivity index (χ1n) is 4.50. The molecule has 0 spiro atoms. The first kappa shape index (κ1) is 11.2. The molecule has 0 aliphatic rings. The second-order valence-corrected chi connectivity index (χ2v) is 3.21. The SMILES string of the molecule is C=C(C)C(=O)N(C)CCCCC. The van der Waals surface area contributed by atoms with Crippen LogP contribution in [0.4, 0.5) is 0 Å². The van der Waals surface area contributed by atoms with Gasteiger partial charge >= 0.3 is 0 Å². The molecule has 0 aliphatic heterocycles. The largest absolute Gasteiger partial charge is 0.342 e. The summed E-state index contributed by atoms with van der Waals surface area (Å²) in [5.74, 6) is 0.0612. The molecular formula is C10H19NO. The Kier molecular flexibility index (Phi) is 5.43. The zero-order chi connectivity index (χ0) is 9.56. The van der Waals surface area contributed by atoms with E-state index in [1.165, 1.54) is 12.8 Å². The van der Waals surface area contributed by atoms with Gasteiger partial charge in [0, 0.05) is 19.2 Å². The molecule has 0 atom stereocenters. The fourth-order valence-corrected chi connectivity index (χ4v) is 1.03. The minimum Gasteiger partial charge on any atom is -0.342 e. The number of hydrogen-bond acceptors (Lipinski definition) is 1. The number of carbonyl (C=O) groups is 1. The molecule has 12 heavy (non-hydrogen) atoms. The van der Waals surface area contributed by atoms with E-state index in [9.17, 15) is 4.79 Å². The minimum atomic E-state index is 0.0612. The van der Waals surface area contributed by atoms with E-state index >= 15 is 0 Å². The Labute approximate surface area is 75.3 Å². The molecule has 0 radical (unpaired) electrons. The van der Waals surface area contributed by atoms with Crippen LogP contribution in [0.25, 0.3) is 0 Å². The summed E-state index contributed by atoms with van der Waals surface area (Å²) in [6, 6.07) is 0. The molecule has 1 amide bonds. The van der Waals surface area contributed by atoms with Crippen LogP contribution in [-0.2, 0) is 4.79 Å². The monoisotopic (exact) mass is 169 g/mol. The first-order valence-corrected chi connectivity index (χ1v) is 4.50. The van der Waals surface area contributed by atoms with Crippen molar-refractivity contribution < 1.29 is 4.79 Å². The number of hydrogen-bond donors (Lipinski definition) is 0. The van der Waals surface area contributed by atoms with E-state index in [1.54, 1.807) is 11.8 Å². The smallest absolute Gasteiger partial charge is 0.248 e. The number of amides is 1. The summed E-state index contributed by atoms with van der Waals surface area (Å²) in [7, 11) is 1.83. The summed E-state index contributed by atoms with van der Waals surface area (Å²) in [5.41, 5.74) is 0.619. The van der Waals surface area contributed by atoms with E-state index in [2.05, 4.69) is 13.5 Å². The number of rotatable bonds is 5. The van der Waals surface area contributed by atoms with Gasteiger partial charge in [0.25, 0.3) is 0 Å². The average Bonchev–Trinajstić information content (AvgIpc) is 2.03. The molecule has 0 bridgehead atoms. The van der Waals surface area contributed by atoms with E-state index in [0.717, 1.165) is 13.0 Å². The van der Waals surface area contributed by atoms with Gasteiger partial charge in [-0.1, -0.05) is 26.3 Å². The Morgan fingerprint density at radius 3 is 2.42 bits per heavy atom. The highest BCUT2D eigenvalue weighted by Crippen LogP contribution is 2.00. The predicted octanol–water partition coefficient (Wildman–Crippen LogP) is 2.21. The average molecular weight is 169 g/mol. The van der Waals surface area contributed by atoms with Crippen LogP contribution in [0.1, 0.15) is 33.1 Å². The highest BCUT2D eigenvalue weighted by atomic mass is 16.2. The van der Waals surface area contributed by atoms with Crippen molar-refractivity contribution in [3.8, 4) is 0 Å². The quantitative estimate of drug-likeness (QED) is 0.456. The van der Waals surface area contributed by atoms with Gasteiger partial charge in [0.2, 0.25) is 5.91 Å². The van der Waals surface area contributed by atoms with Crippen molar-refractivity contribution >= 4 is 5.91 Å². The lowest BCUT2D eigenvalue weighted by molar-refractivity contribution is -0.125. The zero-order valence-electron chi connectivity index (χ0n) is 8.39. The van der Waals surface area contributed by atoms with Gasteiger partial charge in [-0.25, -0.2) is 0 Å². The lowest BCUT2D eigenvalue weighted by atomic mass is 10.2. The fraction of sp³-hybridized carbons (Fsp3) is 0.700. The minimum absolute atomic E-state index is 0.0612. The summed E-state index contributed by atoms with van der Waals surface area (Å²) in [6.07, 6.45) is 3.47. The van der Waals surface area contributed by atoms with Gasteiger partial charge in [0.05, 0.1) is 0 Å². The van der Waals surface area contributed by atoms with Crippen LogP contribution in [0, 0.1) is 0 Å². The van der Waals surface area contributed by atoms with Crippen LogP contribution in [0.15, 0.2) is 12.2 Å². The van der Waals surface area contributed by atoms with E-state index in [4.69, 9.17) is 0 Å². The predicted molar refractivity (Wildman–Crippen MR) is 52.0 cm³/mol. The van der Waals surface area contributed by atoms with Gasteiger partial charge in [0.1, 0.15) is 0 Å². The van der Waals surface area contributed by atoms with Crippen LogP contribution < -0.4 is 0 Å². The molecule has 0 aromatic rings. The van der Waals surface area contributed by atoms with Gasteiger partial charge < -0.3 is 4.90 Å². The van der Waals surface area contributed by atoms with Gasteiger partial charge in [0.15, 0.2) is 0 Å².